The Morgan fingerprint density at radius 2 is 1.94 bits per heavy atom. The Kier molecular flexibility index (Phi) is 9.40. The maximum atomic E-state index is 12.4. The first-order valence-corrected chi connectivity index (χ1v) is 11.4. The molecule has 0 spiro atoms. The van der Waals surface area contributed by atoms with Crippen LogP contribution in [0.3, 0.4) is 0 Å². The number of ether oxygens (including phenoxy) is 1. The standard InChI is InChI=1S/C23H35N5O2.HI/c1-24-23(28-10-9-21(17-28)27-11-13-30-14-12-27)25-16-18-5-4-8-20(15-18)26-22(29)19-6-2-3-7-19;/h4-5,8,15,19,21H,2-3,6-7,9-14,16-17H2,1H3,(H,24,25)(H,26,29);1H. The van der Waals surface area contributed by atoms with E-state index < -0.39 is 0 Å². The molecule has 1 aromatic rings. The molecule has 1 atom stereocenters. The molecule has 1 aliphatic carbocycles. The number of carbonyl (C=O) groups excluding carboxylic acids is 1. The van der Waals surface area contributed by atoms with Crippen molar-refractivity contribution in [3.05, 3.63) is 29.8 Å². The number of morpholine rings is 1. The fourth-order valence-corrected chi connectivity index (χ4v) is 4.88. The van der Waals surface area contributed by atoms with Crippen molar-refractivity contribution < 1.29 is 9.53 Å². The summed E-state index contributed by atoms with van der Waals surface area (Å²) in [5.74, 6) is 1.30. The van der Waals surface area contributed by atoms with Crippen LogP contribution in [0, 0.1) is 5.92 Å². The average molecular weight is 541 g/mol. The number of amides is 1. The Hall–Kier alpha value is -1.39. The van der Waals surface area contributed by atoms with Crippen LogP contribution in [0.25, 0.3) is 0 Å². The van der Waals surface area contributed by atoms with Gasteiger partial charge in [-0.3, -0.25) is 14.7 Å². The molecule has 1 aromatic carbocycles. The van der Waals surface area contributed by atoms with Crippen molar-refractivity contribution in [3.8, 4) is 0 Å². The smallest absolute Gasteiger partial charge is 0.227 e. The second kappa shape index (κ2) is 12.0. The molecule has 2 heterocycles. The van der Waals surface area contributed by atoms with Crippen LogP contribution in [-0.2, 0) is 16.1 Å². The zero-order valence-electron chi connectivity index (χ0n) is 18.5. The summed E-state index contributed by atoms with van der Waals surface area (Å²) >= 11 is 0. The fourth-order valence-electron chi connectivity index (χ4n) is 4.88. The number of hydrogen-bond donors (Lipinski definition) is 2. The average Bonchev–Trinajstić information content (AvgIpc) is 3.48. The van der Waals surface area contributed by atoms with E-state index in [4.69, 9.17) is 4.74 Å². The molecule has 2 N–H and O–H groups in total. The summed E-state index contributed by atoms with van der Waals surface area (Å²) < 4.78 is 5.49. The van der Waals surface area contributed by atoms with Gasteiger partial charge >= 0.3 is 0 Å². The number of anilines is 1. The van der Waals surface area contributed by atoms with Crippen LogP contribution in [0.5, 0.6) is 0 Å². The van der Waals surface area contributed by atoms with Crippen LogP contribution in [0.4, 0.5) is 5.69 Å². The minimum atomic E-state index is 0. The van der Waals surface area contributed by atoms with E-state index in [2.05, 4.69) is 37.6 Å². The molecule has 0 bridgehead atoms. The van der Waals surface area contributed by atoms with E-state index in [0.717, 1.165) is 69.4 Å². The molecule has 31 heavy (non-hydrogen) atoms. The van der Waals surface area contributed by atoms with Crippen LogP contribution >= 0.6 is 24.0 Å². The van der Waals surface area contributed by atoms with Gasteiger partial charge in [-0.1, -0.05) is 25.0 Å². The van der Waals surface area contributed by atoms with E-state index in [1.807, 2.05) is 19.2 Å². The highest BCUT2D eigenvalue weighted by Gasteiger charge is 2.30. The van der Waals surface area contributed by atoms with Gasteiger partial charge in [-0.15, -0.1) is 24.0 Å². The van der Waals surface area contributed by atoms with Crippen molar-refractivity contribution in [2.45, 2.75) is 44.7 Å². The van der Waals surface area contributed by atoms with Crippen molar-refractivity contribution >= 4 is 41.5 Å². The predicted molar refractivity (Wildman–Crippen MR) is 135 cm³/mol. The van der Waals surface area contributed by atoms with Crippen molar-refractivity contribution in [2.75, 3.05) is 51.8 Å². The summed E-state index contributed by atoms with van der Waals surface area (Å²) in [7, 11) is 1.85. The third-order valence-corrected chi connectivity index (χ3v) is 6.61. The second-order valence-corrected chi connectivity index (χ2v) is 8.61. The molecule has 172 valence electrons. The number of aliphatic imine (C=N–C) groups is 1. The highest BCUT2D eigenvalue weighted by Crippen LogP contribution is 2.26. The number of guanidine groups is 1. The molecule has 3 fully saturated rings. The van der Waals surface area contributed by atoms with Gasteiger partial charge in [0.15, 0.2) is 5.96 Å². The molecule has 4 rings (SSSR count). The summed E-state index contributed by atoms with van der Waals surface area (Å²) in [6, 6.07) is 8.72. The van der Waals surface area contributed by atoms with Crippen LogP contribution in [0.15, 0.2) is 29.3 Å². The van der Waals surface area contributed by atoms with E-state index in [1.165, 1.54) is 19.3 Å². The third kappa shape index (κ3) is 6.55. The lowest BCUT2D eigenvalue weighted by atomic mass is 10.1. The highest BCUT2D eigenvalue weighted by atomic mass is 127. The van der Waals surface area contributed by atoms with Gasteiger partial charge in [0, 0.05) is 57.4 Å². The van der Waals surface area contributed by atoms with E-state index in [1.54, 1.807) is 0 Å². The van der Waals surface area contributed by atoms with Crippen molar-refractivity contribution in [3.63, 3.8) is 0 Å². The molecule has 8 heteroatoms. The molecule has 1 saturated carbocycles. The van der Waals surface area contributed by atoms with Crippen LogP contribution in [-0.4, -0.2) is 74.1 Å². The van der Waals surface area contributed by atoms with Gasteiger partial charge < -0.3 is 20.3 Å². The van der Waals surface area contributed by atoms with Gasteiger partial charge in [0.1, 0.15) is 0 Å². The summed E-state index contributed by atoms with van der Waals surface area (Å²) in [5, 5.41) is 6.61. The number of hydrogen-bond acceptors (Lipinski definition) is 4. The third-order valence-electron chi connectivity index (χ3n) is 6.61. The van der Waals surface area contributed by atoms with Gasteiger partial charge in [0.2, 0.25) is 5.91 Å². The molecule has 0 aromatic heterocycles. The quantitative estimate of drug-likeness (QED) is 0.341. The molecule has 2 saturated heterocycles. The minimum absolute atomic E-state index is 0. The minimum Gasteiger partial charge on any atom is -0.379 e. The van der Waals surface area contributed by atoms with Crippen molar-refractivity contribution in [1.82, 2.24) is 15.1 Å². The zero-order valence-corrected chi connectivity index (χ0v) is 20.8. The monoisotopic (exact) mass is 541 g/mol. The first-order chi connectivity index (χ1) is 14.7. The maximum Gasteiger partial charge on any atom is 0.227 e. The Labute approximate surface area is 203 Å². The first-order valence-electron chi connectivity index (χ1n) is 11.4. The molecular formula is C23H36IN5O2. The van der Waals surface area contributed by atoms with Crippen LogP contribution in [0.2, 0.25) is 0 Å². The van der Waals surface area contributed by atoms with Crippen molar-refractivity contribution in [2.24, 2.45) is 10.9 Å². The summed E-state index contributed by atoms with van der Waals surface area (Å²) in [4.78, 5) is 21.8. The Morgan fingerprint density at radius 1 is 1.16 bits per heavy atom. The number of nitrogens with one attached hydrogen (secondary N) is 2. The maximum absolute atomic E-state index is 12.4. The normalized spacial score (nSPS) is 22.9. The summed E-state index contributed by atoms with van der Waals surface area (Å²) in [5.41, 5.74) is 2.03. The highest BCUT2D eigenvalue weighted by molar-refractivity contribution is 14.0. The molecule has 2 aliphatic heterocycles. The predicted octanol–water partition coefficient (Wildman–Crippen LogP) is 2.92. The van der Waals surface area contributed by atoms with Gasteiger partial charge in [0.05, 0.1) is 13.2 Å². The second-order valence-electron chi connectivity index (χ2n) is 8.61. The molecule has 1 amide bonds. The number of carbonyl (C=O) groups is 1. The van der Waals surface area contributed by atoms with E-state index in [9.17, 15) is 4.79 Å². The number of rotatable bonds is 5. The van der Waals surface area contributed by atoms with Gasteiger partial charge in [-0.05, 0) is 37.0 Å². The number of halogens is 1. The molecule has 0 radical (unpaired) electrons. The topological polar surface area (TPSA) is 69.2 Å². The van der Waals surface area contributed by atoms with Gasteiger partial charge in [0.25, 0.3) is 0 Å². The molecular weight excluding hydrogens is 505 g/mol. The number of benzene rings is 1. The van der Waals surface area contributed by atoms with E-state index >= 15 is 0 Å². The Bertz CT molecular complexity index is 747. The Balaban J connectivity index is 0.00000272. The van der Waals surface area contributed by atoms with E-state index in [0.29, 0.717) is 12.6 Å². The zero-order chi connectivity index (χ0) is 20.8. The van der Waals surface area contributed by atoms with Crippen LogP contribution < -0.4 is 10.6 Å². The SMILES string of the molecule is CN=C(NCc1cccc(NC(=O)C2CCCC2)c1)N1CCC(N2CCOCC2)C1.I. The number of likely N-dealkylation sites (tertiary alicyclic amines) is 1. The summed E-state index contributed by atoms with van der Waals surface area (Å²) in [6.45, 7) is 6.48. The lowest BCUT2D eigenvalue weighted by molar-refractivity contribution is -0.119. The van der Waals surface area contributed by atoms with E-state index in [-0.39, 0.29) is 35.8 Å². The lowest BCUT2D eigenvalue weighted by Gasteiger charge is -2.32. The molecule has 7 nitrogen and oxygen atoms in total. The van der Waals surface area contributed by atoms with Crippen LogP contribution in [0.1, 0.15) is 37.7 Å². The van der Waals surface area contributed by atoms with Gasteiger partial charge in [-0.25, -0.2) is 0 Å². The lowest BCUT2D eigenvalue weighted by Crippen LogP contribution is -2.46. The number of nitrogens with zero attached hydrogens (tertiary/aromatic N) is 3. The molecule has 3 aliphatic rings. The van der Waals surface area contributed by atoms with Gasteiger partial charge in [-0.2, -0.15) is 0 Å². The first kappa shape index (κ1) is 24.3. The summed E-state index contributed by atoms with van der Waals surface area (Å²) in [6.07, 6.45) is 5.55. The fraction of sp³-hybridized carbons (Fsp3) is 0.652. The molecule has 1 unspecified atom stereocenters. The Morgan fingerprint density at radius 3 is 2.68 bits per heavy atom. The largest absolute Gasteiger partial charge is 0.379 e. The van der Waals surface area contributed by atoms with Crippen molar-refractivity contribution in [1.29, 1.82) is 0 Å².